The number of nitrogens with zero attached hydrogens (tertiary/aromatic N) is 6. The number of hydrogen-bond donors (Lipinski definition) is 4. The molecule has 0 unspecified atom stereocenters. The van der Waals surface area contributed by atoms with Crippen molar-refractivity contribution in [1.29, 1.82) is 0 Å². The van der Waals surface area contributed by atoms with Crippen molar-refractivity contribution in [2.24, 2.45) is 0 Å². The molecule has 7 rings (SSSR count). The first-order chi connectivity index (χ1) is 23.0. The summed E-state index contributed by atoms with van der Waals surface area (Å²) >= 11 is 0. The highest BCUT2D eigenvalue weighted by Gasteiger charge is 2.31. The number of hydrogen-bond acceptors (Lipinski definition) is 9. The lowest BCUT2D eigenvalue weighted by atomic mass is 10.1. The van der Waals surface area contributed by atoms with Crippen molar-refractivity contribution in [3.63, 3.8) is 0 Å². The Morgan fingerprint density at radius 1 is 0.979 bits per heavy atom. The first-order valence-electron chi connectivity index (χ1n) is 15.4. The van der Waals surface area contributed by atoms with Crippen molar-refractivity contribution < 1.29 is 23.5 Å². The molecule has 2 fully saturated rings. The van der Waals surface area contributed by atoms with Gasteiger partial charge in [-0.25, -0.2) is 9.37 Å². The van der Waals surface area contributed by atoms with Crippen LogP contribution in [-0.2, 0) is 9.53 Å². The Morgan fingerprint density at radius 2 is 1.77 bits per heavy atom. The number of fused-ring (bicyclic) bond motifs is 1. The molecule has 14 nitrogen and oxygen atoms in total. The van der Waals surface area contributed by atoms with Crippen molar-refractivity contribution in [3.05, 3.63) is 72.1 Å². The van der Waals surface area contributed by atoms with E-state index in [9.17, 15) is 14.4 Å². The Bertz CT molecular complexity index is 1900. The van der Waals surface area contributed by atoms with Crippen LogP contribution in [0.5, 0.6) is 0 Å². The number of aromatic amines is 3. The number of ether oxygens (including phenoxy) is 1. The summed E-state index contributed by atoms with van der Waals surface area (Å²) in [6.07, 6.45) is 4.06. The van der Waals surface area contributed by atoms with Crippen LogP contribution < -0.4 is 10.2 Å². The number of anilines is 1. The predicted octanol–water partition coefficient (Wildman–Crippen LogP) is 2.08. The maximum atomic E-state index is 15.2. The fourth-order valence-electron chi connectivity index (χ4n) is 6.03. The molecule has 2 saturated heterocycles. The van der Waals surface area contributed by atoms with E-state index in [1.807, 2.05) is 30.3 Å². The Kier molecular flexibility index (Phi) is 8.46. The van der Waals surface area contributed by atoms with E-state index in [-0.39, 0.29) is 39.5 Å². The molecule has 4 aromatic heterocycles. The van der Waals surface area contributed by atoms with Gasteiger partial charge in [0.2, 0.25) is 0 Å². The SMILES string of the molecule is O=C(NCCN1CCOCC1)c1cc(-c2ncc(F)c3c(C(=O)C(=O)N4CCN(c5cn[nH]c5-c5ccccc5)CC4)c[nH]c23)n[nH]1. The van der Waals surface area contributed by atoms with Gasteiger partial charge < -0.3 is 24.8 Å². The fourth-order valence-corrected chi connectivity index (χ4v) is 6.03. The van der Waals surface area contributed by atoms with Gasteiger partial charge in [0.05, 0.1) is 53.5 Å². The number of piperazine rings is 1. The third kappa shape index (κ3) is 6.09. The van der Waals surface area contributed by atoms with Crippen molar-refractivity contribution >= 4 is 34.2 Å². The van der Waals surface area contributed by atoms with Crippen LogP contribution in [0.4, 0.5) is 10.1 Å². The van der Waals surface area contributed by atoms with Gasteiger partial charge in [-0.1, -0.05) is 30.3 Å². The number of amides is 2. The standard InChI is InChI=1S/C32H33FN10O4/c33-22-18-36-28(23-16-24(39-38-23)31(45)34-6-7-41-12-14-47-15-13-41)29-26(22)21(17-35-29)30(44)32(46)43-10-8-42(9-11-43)25-19-37-40-27(25)20-4-2-1-3-5-20/h1-5,16-19,35H,6-15H2,(H,34,45)(H,37,40)(H,38,39). The minimum Gasteiger partial charge on any atom is -0.379 e. The lowest BCUT2D eigenvalue weighted by Gasteiger charge is -2.35. The number of halogens is 1. The second-order valence-electron chi connectivity index (χ2n) is 11.4. The first-order valence-corrected chi connectivity index (χ1v) is 15.4. The van der Waals surface area contributed by atoms with Gasteiger partial charge in [-0.05, 0) is 6.07 Å². The van der Waals surface area contributed by atoms with Gasteiger partial charge in [0.25, 0.3) is 17.6 Å². The molecule has 0 spiro atoms. The van der Waals surface area contributed by atoms with E-state index >= 15 is 4.39 Å². The molecule has 242 valence electrons. The summed E-state index contributed by atoms with van der Waals surface area (Å²) in [7, 11) is 0. The molecule has 0 atom stereocenters. The summed E-state index contributed by atoms with van der Waals surface area (Å²) in [5.41, 5.74) is 3.64. The van der Waals surface area contributed by atoms with E-state index in [0.717, 1.165) is 36.2 Å². The number of carbonyl (C=O) groups excluding carboxylic acids is 3. The van der Waals surface area contributed by atoms with Gasteiger partial charge in [0.1, 0.15) is 17.1 Å². The summed E-state index contributed by atoms with van der Waals surface area (Å²) in [6, 6.07) is 11.4. The Hall–Kier alpha value is -5.41. The lowest BCUT2D eigenvalue weighted by Crippen LogP contribution is -2.50. The maximum absolute atomic E-state index is 15.2. The lowest BCUT2D eigenvalue weighted by molar-refractivity contribution is -0.126. The van der Waals surface area contributed by atoms with Crippen molar-refractivity contribution in [2.75, 3.05) is 70.5 Å². The smallest absolute Gasteiger partial charge is 0.295 e. The van der Waals surface area contributed by atoms with Crippen LogP contribution in [0, 0.1) is 5.82 Å². The molecule has 4 N–H and O–H groups in total. The first kappa shape index (κ1) is 30.3. The van der Waals surface area contributed by atoms with E-state index < -0.39 is 17.5 Å². The van der Waals surface area contributed by atoms with E-state index in [1.165, 1.54) is 17.2 Å². The number of morpholine rings is 1. The minimum absolute atomic E-state index is 0.0580. The predicted molar refractivity (Wildman–Crippen MR) is 170 cm³/mol. The third-order valence-corrected chi connectivity index (χ3v) is 8.57. The number of carbonyl (C=O) groups is 3. The largest absolute Gasteiger partial charge is 0.379 e. The molecule has 5 aromatic rings. The number of rotatable bonds is 9. The summed E-state index contributed by atoms with van der Waals surface area (Å²) in [5.74, 6) is -2.63. The highest BCUT2D eigenvalue weighted by atomic mass is 19.1. The number of pyridine rings is 1. The molecule has 2 amide bonds. The van der Waals surface area contributed by atoms with Gasteiger partial charge in [-0.3, -0.25) is 29.5 Å². The summed E-state index contributed by atoms with van der Waals surface area (Å²) in [4.78, 5) is 52.5. The molecule has 0 radical (unpaired) electrons. The number of ketones is 1. The highest BCUT2D eigenvalue weighted by Crippen LogP contribution is 2.31. The van der Waals surface area contributed by atoms with Crippen LogP contribution in [0.25, 0.3) is 33.5 Å². The highest BCUT2D eigenvalue weighted by molar-refractivity contribution is 6.45. The Balaban J connectivity index is 1.02. The average Bonchev–Trinajstić information content (AvgIpc) is 3.90. The topological polar surface area (TPSA) is 168 Å². The fraction of sp³-hybridized carbons (Fsp3) is 0.312. The van der Waals surface area contributed by atoms with Gasteiger partial charge in [-0.15, -0.1) is 0 Å². The second kappa shape index (κ2) is 13.1. The van der Waals surface area contributed by atoms with Crippen molar-refractivity contribution in [2.45, 2.75) is 0 Å². The third-order valence-electron chi connectivity index (χ3n) is 8.57. The van der Waals surface area contributed by atoms with Crippen LogP contribution in [-0.4, -0.2) is 123 Å². The number of Topliss-reactive ketones (excluding diaryl/α,β-unsaturated/α-hetero) is 1. The number of nitrogens with one attached hydrogen (secondary N) is 4. The Morgan fingerprint density at radius 3 is 2.55 bits per heavy atom. The van der Waals surface area contributed by atoms with Crippen LogP contribution in [0.2, 0.25) is 0 Å². The number of benzene rings is 1. The zero-order valence-corrected chi connectivity index (χ0v) is 25.5. The molecule has 0 bridgehead atoms. The van der Waals surface area contributed by atoms with Crippen LogP contribution >= 0.6 is 0 Å². The molecule has 2 aliphatic rings. The van der Waals surface area contributed by atoms with Crippen molar-refractivity contribution in [1.82, 2.24) is 45.5 Å². The number of aromatic nitrogens is 6. The average molecular weight is 641 g/mol. The zero-order valence-electron chi connectivity index (χ0n) is 25.5. The maximum Gasteiger partial charge on any atom is 0.295 e. The molecule has 0 saturated carbocycles. The van der Waals surface area contributed by atoms with Crippen LogP contribution in [0.1, 0.15) is 20.8 Å². The van der Waals surface area contributed by atoms with Gasteiger partial charge in [0.15, 0.2) is 5.82 Å². The minimum atomic E-state index is -0.823. The van der Waals surface area contributed by atoms with E-state index in [4.69, 9.17) is 4.74 Å². The zero-order chi connectivity index (χ0) is 32.3. The van der Waals surface area contributed by atoms with Crippen molar-refractivity contribution in [3.8, 4) is 22.6 Å². The normalized spacial score (nSPS) is 15.7. The molecule has 47 heavy (non-hydrogen) atoms. The molecule has 2 aliphatic heterocycles. The van der Waals surface area contributed by atoms with Crippen LogP contribution in [0.3, 0.4) is 0 Å². The molecule has 1 aromatic carbocycles. The molecule has 15 heteroatoms. The van der Waals surface area contributed by atoms with E-state index in [2.05, 4.69) is 45.5 Å². The quantitative estimate of drug-likeness (QED) is 0.139. The van der Waals surface area contributed by atoms with E-state index in [0.29, 0.717) is 52.5 Å². The van der Waals surface area contributed by atoms with Crippen LogP contribution in [0.15, 0.2) is 55.0 Å². The Labute approximate surface area is 268 Å². The second-order valence-corrected chi connectivity index (χ2v) is 11.4. The molecule has 0 aliphatic carbocycles. The summed E-state index contributed by atoms with van der Waals surface area (Å²) < 4.78 is 20.5. The number of H-pyrrole nitrogens is 3. The summed E-state index contributed by atoms with van der Waals surface area (Å²) in [5, 5.41) is 17.0. The molecular formula is C32H33FN10O4. The molecule has 6 heterocycles. The molecular weight excluding hydrogens is 607 g/mol. The van der Waals surface area contributed by atoms with E-state index in [1.54, 1.807) is 6.20 Å². The van der Waals surface area contributed by atoms with Gasteiger partial charge in [-0.2, -0.15) is 10.2 Å². The summed E-state index contributed by atoms with van der Waals surface area (Å²) in [6.45, 7) is 5.77. The van der Waals surface area contributed by atoms with Gasteiger partial charge >= 0.3 is 0 Å². The van der Waals surface area contributed by atoms with Gasteiger partial charge in [0, 0.05) is 64.1 Å². The monoisotopic (exact) mass is 640 g/mol.